The fourth-order valence-corrected chi connectivity index (χ4v) is 5.70. The van der Waals surface area contributed by atoms with Crippen molar-refractivity contribution in [1.29, 1.82) is 0 Å². The van der Waals surface area contributed by atoms with Crippen LogP contribution in [0.25, 0.3) is 22.3 Å². The Bertz CT molecular complexity index is 1470. The van der Waals surface area contributed by atoms with Crippen LogP contribution in [0.2, 0.25) is 5.02 Å². The maximum Gasteiger partial charge on any atom is 0.132 e. The summed E-state index contributed by atoms with van der Waals surface area (Å²) in [5.41, 5.74) is 6.26. The van der Waals surface area contributed by atoms with Gasteiger partial charge in [0.05, 0.1) is 10.4 Å². The number of aromatic hydroxyl groups is 1. The van der Waals surface area contributed by atoms with Gasteiger partial charge < -0.3 is 5.11 Å². The van der Waals surface area contributed by atoms with E-state index in [-0.39, 0.29) is 16.3 Å². The minimum absolute atomic E-state index is 0.00482. The zero-order chi connectivity index (χ0) is 23.3. The molecule has 0 unspecified atom stereocenters. The van der Waals surface area contributed by atoms with Crippen LogP contribution in [0, 0.1) is 5.82 Å². The third-order valence-corrected chi connectivity index (χ3v) is 7.12. The summed E-state index contributed by atoms with van der Waals surface area (Å²) in [6.07, 6.45) is 0. The number of halogens is 2. The van der Waals surface area contributed by atoms with E-state index in [0.29, 0.717) is 5.56 Å². The van der Waals surface area contributed by atoms with E-state index in [2.05, 4.69) is 36.4 Å². The highest BCUT2D eigenvalue weighted by atomic mass is 35.5. The summed E-state index contributed by atoms with van der Waals surface area (Å²) < 4.78 is 14.9. The van der Waals surface area contributed by atoms with E-state index in [1.807, 2.05) is 54.6 Å². The molecule has 5 aromatic carbocycles. The zero-order valence-corrected chi connectivity index (χ0v) is 18.9. The second kappa shape index (κ2) is 7.86. The van der Waals surface area contributed by atoms with Crippen molar-refractivity contribution < 1.29 is 9.50 Å². The van der Waals surface area contributed by atoms with Gasteiger partial charge in [-0.05, 0) is 57.6 Å². The largest absolute Gasteiger partial charge is 0.507 e. The van der Waals surface area contributed by atoms with Crippen LogP contribution in [0.5, 0.6) is 5.75 Å². The van der Waals surface area contributed by atoms with Gasteiger partial charge in [0.2, 0.25) is 0 Å². The summed E-state index contributed by atoms with van der Waals surface area (Å²) in [6.45, 7) is 0. The first-order valence-corrected chi connectivity index (χ1v) is 11.5. The molecule has 6 rings (SSSR count). The first-order valence-electron chi connectivity index (χ1n) is 11.1. The summed E-state index contributed by atoms with van der Waals surface area (Å²) >= 11 is 6.38. The van der Waals surface area contributed by atoms with Crippen molar-refractivity contribution >= 4 is 11.6 Å². The molecular weight excluding hydrogens is 443 g/mol. The molecular formula is C31H20ClFO. The van der Waals surface area contributed by atoms with Crippen LogP contribution in [-0.2, 0) is 5.41 Å². The van der Waals surface area contributed by atoms with E-state index in [1.165, 1.54) is 6.07 Å². The molecule has 0 atom stereocenters. The summed E-state index contributed by atoms with van der Waals surface area (Å²) in [5.74, 6) is -0.471. The normalized spacial score (nSPS) is 13.4. The topological polar surface area (TPSA) is 20.2 Å². The summed E-state index contributed by atoms with van der Waals surface area (Å²) in [7, 11) is 0. The summed E-state index contributed by atoms with van der Waals surface area (Å²) in [5, 5.41) is 11.5. The molecule has 0 amide bonds. The molecule has 34 heavy (non-hydrogen) atoms. The zero-order valence-electron chi connectivity index (χ0n) is 18.2. The molecule has 0 heterocycles. The summed E-state index contributed by atoms with van der Waals surface area (Å²) in [6, 6.07) is 37.2. The Hall–Kier alpha value is -3.88. The number of benzene rings is 5. The Labute approximate surface area is 202 Å². The lowest BCUT2D eigenvalue weighted by Gasteiger charge is -2.34. The van der Waals surface area contributed by atoms with Crippen LogP contribution in [0.4, 0.5) is 4.39 Å². The Morgan fingerprint density at radius 3 is 1.85 bits per heavy atom. The van der Waals surface area contributed by atoms with Gasteiger partial charge in [-0.1, -0.05) is 103 Å². The molecule has 0 bridgehead atoms. The quantitative estimate of drug-likeness (QED) is 0.281. The second-order valence-corrected chi connectivity index (χ2v) is 8.95. The monoisotopic (exact) mass is 462 g/mol. The highest BCUT2D eigenvalue weighted by Gasteiger charge is 2.46. The summed E-state index contributed by atoms with van der Waals surface area (Å²) in [4.78, 5) is 0. The predicted molar refractivity (Wildman–Crippen MR) is 136 cm³/mol. The van der Waals surface area contributed by atoms with E-state index in [0.717, 1.165) is 33.4 Å². The highest BCUT2D eigenvalue weighted by Crippen LogP contribution is 2.58. The number of phenols is 1. The van der Waals surface area contributed by atoms with Crippen LogP contribution in [0.3, 0.4) is 0 Å². The van der Waals surface area contributed by atoms with Crippen LogP contribution in [0.1, 0.15) is 22.3 Å². The molecule has 0 saturated heterocycles. The van der Waals surface area contributed by atoms with Crippen LogP contribution >= 0.6 is 11.6 Å². The van der Waals surface area contributed by atoms with Crippen LogP contribution < -0.4 is 0 Å². The molecule has 164 valence electrons. The number of phenolic OH excluding ortho intramolecular Hbond substituents is 1. The van der Waals surface area contributed by atoms with E-state index in [9.17, 15) is 9.50 Å². The van der Waals surface area contributed by atoms with Crippen LogP contribution in [0.15, 0.2) is 115 Å². The molecule has 0 saturated carbocycles. The molecule has 0 aromatic heterocycles. The Kier molecular flexibility index (Phi) is 4.79. The second-order valence-electron chi connectivity index (χ2n) is 8.54. The van der Waals surface area contributed by atoms with Gasteiger partial charge >= 0.3 is 0 Å². The first-order chi connectivity index (χ1) is 16.6. The van der Waals surface area contributed by atoms with Crippen molar-refractivity contribution in [1.82, 2.24) is 0 Å². The van der Waals surface area contributed by atoms with Crippen LogP contribution in [-0.4, -0.2) is 5.11 Å². The van der Waals surface area contributed by atoms with Gasteiger partial charge in [0, 0.05) is 11.1 Å². The Balaban J connectivity index is 1.75. The van der Waals surface area contributed by atoms with Gasteiger partial charge in [-0.3, -0.25) is 0 Å². The molecule has 1 aliphatic carbocycles. The third kappa shape index (κ3) is 2.85. The smallest absolute Gasteiger partial charge is 0.132 e. The molecule has 1 aliphatic rings. The average Bonchev–Trinajstić information content (AvgIpc) is 3.15. The van der Waals surface area contributed by atoms with Crippen molar-refractivity contribution in [2.45, 2.75) is 5.41 Å². The van der Waals surface area contributed by atoms with E-state index in [4.69, 9.17) is 11.6 Å². The number of fused-ring (bicyclic) bond motifs is 3. The molecule has 0 spiro atoms. The van der Waals surface area contributed by atoms with Crippen molar-refractivity contribution in [2.75, 3.05) is 0 Å². The standard InChI is InChI=1S/C31H20ClFO/c32-27-16-9-17-28(33)30(27)24-18-23-22-14-7-8-15-25(22)31(26(23)19-29(24)34,20-10-3-1-4-11-20)21-12-5-2-6-13-21/h1-19,34H. The van der Waals surface area contributed by atoms with E-state index >= 15 is 0 Å². The minimum Gasteiger partial charge on any atom is -0.507 e. The number of hydrogen-bond acceptors (Lipinski definition) is 1. The molecule has 0 radical (unpaired) electrons. The SMILES string of the molecule is Oc1cc2c(cc1-c1c(F)cccc1Cl)-c1ccccc1C2(c1ccccc1)c1ccccc1. The molecule has 3 heteroatoms. The fraction of sp³-hybridized carbons (Fsp3) is 0.0323. The molecule has 1 nitrogen and oxygen atoms in total. The lowest BCUT2D eigenvalue weighted by Crippen LogP contribution is -2.28. The van der Waals surface area contributed by atoms with Gasteiger partial charge in [0.25, 0.3) is 0 Å². The Morgan fingerprint density at radius 2 is 1.21 bits per heavy atom. The molecule has 0 fully saturated rings. The molecule has 0 aliphatic heterocycles. The maximum atomic E-state index is 14.9. The average molecular weight is 463 g/mol. The Morgan fingerprint density at radius 1 is 0.588 bits per heavy atom. The van der Waals surface area contributed by atoms with E-state index in [1.54, 1.807) is 18.2 Å². The van der Waals surface area contributed by atoms with Gasteiger partial charge in [0.1, 0.15) is 11.6 Å². The fourth-order valence-electron chi connectivity index (χ4n) is 5.43. The third-order valence-electron chi connectivity index (χ3n) is 6.81. The lowest BCUT2D eigenvalue weighted by atomic mass is 9.67. The first kappa shape index (κ1) is 20.7. The van der Waals surface area contributed by atoms with Crippen molar-refractivity contribution in [3.63, 3.8) is 0 Å². The maximum absolute atomic E-state index is 14.9. The highest BCUT2D eigenvalue weighted by molar-refractivity contribution is 6.33. The lowest BCUT2D eigenvalue weighted by molar-refractivity contribution is 0.475. The van der Waals surface area contributed by atoms with Crippen molar-refractivity contribution in [3.05, 3.63) is 148 Å². The number of rotatable bonds is 3. The predicted octanol–water partition coefficient (Wildman–Crippen LogP) is 8.21. The van der Waals surface area contributed by atoms with Crippen molar-refractivity contribution in [2.24, 2.45) is 0 Å². The van der Waals surface area contributed by atoms with Crippen molar-refractivity contribution in [3.8, 4) is 28.0 Å². The van der Waals surface area contributed by atoms with E-state index < -0.39 is 11.2 Å². The number of hydrogen-bond donors (Lipinski definition) is 1. The van der Waals surface area contributed by atoms with Gasteiger partial charge in [-0.25, -0.2) is 4.39 Å². The van der Waals surface area contributed by atoms with Gasteiger partial charge in [-0.15, -0.1) is 0 Å². The van der Waals surface area contributed by atoms with Gasteiger partial charge in [0.15, 0.2) is 0 Å². The molecule has 5 aromatic rings. The van der Waals surface area contributed by atoms with Gasteiger partial charge in [-0.2, -0.15) is 0 Å². The molecule has 1 N–H and O–H groups in total. The minimum atomic E-state index is -0.622.